The minimum atomic E-state index is -0.632. The highest BCUT2D eigenvalue weighted by atomic mass is 16.2. The molecule has 1 saturated heterocycles. The highest BCUT2D eigenvalue weighted by Gasteiger charge is 2.27. The summed E-state index contributed by atoms with van der Waals surface area (Å²) in [6.45, 7) is 6.24. The Balaban J connectivity index is 1.23. The Hall–Kier alpha value is -4.35. The number of nitrogens with one attached hydrogen (secondary N) is 2. The second kappa shape index (κ2) is 14.0. The maximum absolute atomic E-state index is 12.9. The summed E-state index contributed by atoms with van der Waals surface area (Å²) in [7, 11) is 2.10. The number of nitrogen functional groups attached to an aromatic ring is 1. The molecule has 2 fully saturated rings. The molecule has 3 heterocycles. The topological polar surface area (TPSA) is 155 Å². The first-order valence-corrected chi connectivity index (χ1v) is 15.3. The van der Waals surface area contributed by atoms with Gasteiger partial charge in [0.15, 0.2) is 0 Å². The second-order valence-corrected chi connectivity index (χ2v) is 12.0. The van der Waals surface area contributed by atoms with E-state index in [4.69, 9.17) is 11.5 Å². The number of hydrogen-bond acceptors (Lipinski definition) is 9. The Kier molecular flexibility index (Phi) is 9.86. The summed E-state index contributed by atoms with van der Waals surface area (Å²) in [5.41, 5.74) is 15.9. The van der Waals surface area contributed by atoms with Gasteiger partial charge in [0, 0.05) is 49.6 Å². The van der Waals surface area contributed by atoms with Crippen molar-refractivity contribution in [2.45, 2.75) is 63.6 Å². The van der Waals surface area contributed by atoms with Crippen molar-refractivity contribution in [3.05, 3.63) is 83.3 Å². The van der Waals surface area contributed by atoms with Gasteiger partial charge in [0.05, 0.1) is 11.6 Å². The molecule has 11 nitrogen and oxygen atoms in total. The number of likely N-dealkylation sites (tertiary alicyclic amines) is 1. The number of carbonyl (C=O) groups is 2. The van der Waals surface area contributed by atoms with Gasteiger partial charge in [-0.3, -0.25) is 14.5 Å². The van der Waals surface area contributed by atoms with Crippen LogP contribution >= 0.6 is 0 Å². The molecule has 2 atom stereocenters. The SMILES string of the molecule is CC(C)c1ccnc(NC(=O)c2ccc(C(N)c3c(N)ncnc3N[C@@H]3CCCN(C(=O)/C=C/CN(C)C4CC4)C3)cc2)c1. The van der Waals surface area contributed by atoms with Gasteiger partial charge in [-0.1, -0.05) is 32.1 Å². The van der Waals surface area contributed by atoms with Crippen molar-refractivity contribution < 1.29 is 9.59 Å². The molecular formula is C33H43N9O2. The quantitative estimate of drug-likeness (QED) is 0.241. The molecule has 0 radical (unpaired) electrons. The molecule has 0 spiro atoms. The van der Waals surface area contributed by atoms with Crippen molar-refractivity contribution in [2.24, 2.45) is 5.73 Å². The van der Waals surface area contributed by atoms with E-state index in [-0.39, 0.29) is 23.7 Å². The van der Waals surface area contributed by atoms with Crippen molar-refractivity contribution >= 4 is 29.3 Å². The maximum Gasteiger partial charge on any atom is 0.256 e. The summed E-state index contributed by atoms with van der Waals surface area (Å²) < 4.78 is 0. The van der Waals surface area contributed by atoms with Crippen LogP contribution in [0.3, 0.4) is 0 Å². The van der Waals surface area contributed by atoms with Gasteiger partial charge in [-0.05, 0) is 74.0 Å². The molecule has 232 valence electrons. The number of aromatic nitrogens is 3. The van der Waals surface area contributed by atoms with Crippen molar-refractivity contribution in [3.63, 3.8) is 0 Å². The number of carbonyl (C=O) groups excluding carboxylic acids is 2. The van der Waals surface area contributed by atoms with Crippen LogP contribution in [0.25, 0.3) is 0 Å². The van der Waals surface area contributed by atoms with Crippen LogP contribution in [0.2, 0.25) is 0 Å². The molecular weight excluding hydrogens is 554 g/mol. The predicted octanol–water partition coefficient (Wildman–Crippen LogP) is 3.93. The van der Waals surface area contributed by atoms with Gasteiger partial charge < -0.3 is 27.0 Å². The van der Waals surface area contributed by atoms with Crippen molar-refractivity contribution in [3.8, 4) is 0 Å². The Morgan fingerprint density at radius 1 is 1.09 bits per heavy atom. The molecule has 6 N–H and O–H groups in total. The lowest BCUT2D eigenvalue weighted by Gasteiger charge is -2.33. The third kappa shape index (κ3) is 7.78. The second-order valence-electron chi connectivity index (χ2n) is 12.0. The molecule has 2 aliphatic rings. The zero-order valence-corrected chi connectivity index (χ0v) is 25.7. The molecule has 3 aromatic rings. The summed E-state index contributed by atoms with van der Waals surface area (Å²) in [6.07, 6.45) is 11.0. The fourth-order valence-electron chi connectivity index (χ4n) is 5.48. The average Bonchev–Trinajstić information content (AvgIpc) is 3.87. The first-order chi connectivity index (χ1) is 21.2. The number of nitrogens with two attached hydrogens (primary N) is 2. The van der Waals surface area contributed by atoms with E-state index in [1.54, 1.807) is 24.4 Å². The fourth-order valence-corrected chi connectivity index (χ4v) is 5.48. The third-order valence-corrected chi connectivity index (χ3v) is 8.35. The van der Waals surface area contributed by atoms with E-state index in [1.807, 2.05) is 35.2 Å². The Labute approximate surface area is 259 Å². The van der Waals surface area contributed by atoms with Crippen LogP contribution in [0.4, 0.5) is 17.5 Å². The van der Waals surface area contributed by atoms with Gasteiger partial charge >= 0.3 is 0 Å². The number of nitrogens with zero attached hydrogens (tertiary/aromatic N) is 5. The van der Waals surface area contributed by atoms with E-state index in [9.17, 15) is 9.59 Å². The first-order valence-electron chi connectivity index (χ1n) is 15.3. The molecule has 1 saturated carbocycles. The van der Waals surface area contributed by atoms with Crippen molar-refractivity contribution in [2.75, 3.05) is 43.0 Å². The van der Waals surface area contributed by atoms with Gasteiger partial charge in [0.1, 0.15) is 23.8 Å². The fraction of sp³-hybridized carbons (Fsp3) is 0.424. The average molecular weight is 598 g/mol. The molecule has 2 amide bonds. The molecule has 44 heavy (non-hydrogen) atoms. The van der Waals surface area contributed by atoms with Crippen LogP contribution in [0, 0.1) is 0 Å². The molecule has 1 aliphatic carbocycles. The van der Waals surface area contributed by atoms with Crippen LogP contribution in [-0.4, -0.2) is 75.3 Å². The number of rotatable bonds is 11. The van der Waals surface area contributed by atoms with Gasteiger partial charge in [-0.15, -0.1) is 0 Å². The van der Waals surface area contributed by atoms with E-state index in [2.05, 4.69) is 51.4 Å². The van der Waals surface area contributed by atoms with Crippen molar-refractivity contribution in [1.29, 1.82) is 0 Å². The van der Waals surface area contributed by atoms with E-state index in [0.717, 1.165) is 37.1 Å². The molecule has 11 heteroatoms. The first kappa shape index (κ1) is 31.1. The molecule has 1 aromatic carbocycles. The summed E-state index contributed by atoms with van der Waals surface area (Å²) in [5.74, 6) is 1.42. The minimum absolute atomic E-state index is 0.00985. The predicted molar refractivity (Wildman–Crippen MR) is 173 cm³/mol. The van der Waals surface area contributed by atoms with Crippen LogP contribution in [0.15, 0.2) is 61.1 Å². The smallest absolute Gasteiger partial charge is 0.256 e. The zero-order chi connectivity index (χ0) is 31.2. The van der Waals surface area contributed by atoms with Crippen molar-refractivity contribution in [1.82, 2.24) is 24.8 Å². The lowest BCUT2D eigenvalue weighted by molar-refractivity contribution is -0.127. The third-order valence-electron chi connectivity index (χ3n) is 8.35. The zero-order valence-electron chi connectivity index (χ0n) is 25.7. The maximum atomic E-state index is 12.9. The lowest BCUT2D eigenvalue weighted by Crippen LogP contribution is -2.45. The van der Waals surface area contributed by atoms with Gasteiger partial charge in [0.2, 0.25) is 5.91 Å². The summed E-state index contributed by atoms with van der Waals surface area (Å²) in [6, 6.07) is 10.9. The number of benzene rings is 1. The minimum Gasteiger partial charge on any atom is -0.383 e. The molecule has 5 rings (SSSR count). The van der Waals surface area contributed by atoms with E-state index in [1.165, 1.54) is 19.2 Å². The number of pyridine rings is 1. The lowest BCUT2D eigenvalue weighted by atomic mass is 9.98. The van der Waals surface area contributed by atoms with Gasteiger partial charge in [-0.25, -0.2) is 15.0 Å². The summed E-state index contributed by atoms with van der Waals surface area (Å²) >= 11 is 0. The number of hydrogen-bond donors (Lipinski definition) is 4. The molecule has 0 bridgehead atoms. The van der Waals surface area contributed by atoms with Crippen LogP contribution in [0.1, 0.15) is 78.5 Å². The summed E-state index contributed by atoms with van der Waals surface area (Å²) in [5, 5.41) is 6.35. The standard InChI is InChI=1S/C33H43N9O2/c1-21(2)24-14-15-36-27(18-24)40-33(44)23-10-8-22(9-11-23)30(34)29-31(35)37-20-38-32(29)39-25-6-4-17-42(19-25)28(43)7-5-16-41(3)26-12-13-26/h5,7-11,14-15,18,20-21,25-26,30H,4,6,12-13,16-17,19,34H2,1-3H3,(H,36,40,44)(H3,35,37,38,39)/b7-5+/t25-,30?/m1/s1. The highest BCUT2D eigenvalue weighted by Crippen LogP contribution is 2.30. The monoisotopic (exact) mass is 597 g/mol. The Bertz CT molecular complexity index is 1490. The number of likely N-dealkylation sites (N-methyl/N-ethyl adjacent to an activating group) is 1. The van der Waals surface area contributed by atoms with Crippen LogP contribution in [-0.2, 0) is 4.79 Å². The number of amides is 2. The summed E-state index contributed by atoms with van der Waals surface area (Å²) in [4.78, 5) is 42.9. The number of anilines is 3. The highest BCUT2D eigenvalue weighted by molar-refractivity contribution is 6.03. The largest absolute Gasteiger partial charge is 0.383 e. The molecule has 1 unspecified atom stereocenters. The van der Waals surface area contributed by atoms with E-state index in [0.29, 0.717) is 41.3 Å². The van der Waals surface area contributed by atoms with Crippen LogP contribution < -0.4 is 22.1 Å². The normalized spacial score (nSPS) is 17.7. The molecule has 1 aliphatic heterocycles. The molecule has 2 aromatic heterocycles. The van der Waals surface area contributed by atoms with Gasteiger partial charge in [0.25, 0.3) is 5.91 Å². The van der Waals surface area contributed by atoms with Crippen LogP contribution in [0.5, 0.6) is 0 Å². The van der Waals surface area contributed by atoms with E-state index >= 15 is 0 Å². The Morgan fingerprint density at radius 2 is 1.86 bits per heavy atom. The van der Waals surface area contributed by atoms with Gasteiger partial charge in [-0.2, -0.15) is 0 Å². The number of piperidine rings is 1. The van der Waals surface area contributed by atoms with E-state index < -0.39 is 6.04 Å². The Morgan fingerprint density at radius 3 is 2.59 bits per heavy atom.